The molecule has 3 aromatic rings. The van der Waals surface area contributed by atoms with E-state index in [0.29, 0.717) is 5.56 Å². The van der Waals surface area contributed by atoms with Crippen LogP contribution < -0.4 is 5.32 Å². The van der Waals surface area contributed by atoms with Gasteiger partial charge in [0.05, 0.1) is 16.9 Å². The first kappa shape index (κ1) is 16.7. The summed E-state index contributed by atoms with van der Waals surface area (Å²) in [6, 6.07) is 11.4. The summed E-state index contributed by atoms with van der Waals surface area (Å²) in [4.78, 5) is 0. The number of anilines is 1. The molecule has 0 amide bonds. The van der Waals surface area contributed by atoms with E-state index < -0.39 is 11.7 Å². The Labute approximate surface area is 149 Å². The van der Waals surface area contributed by atoms with Gasteiger partial charge in [-0.05, 0) is 44.0 Å². The van der Waals surface area contributed by atoms with E-state index >= 15 is 0 Å². The molecular weight excluding hydrogens is 339 g/mol. The first-order valence-corrected chi connectivity index (χ1v) is 8.45. The van der Waals surface area contributed by atoms with E-state index in [1.165, 1.54) is 17.7 Å². The summed E-state index contributed by atoms with van der Waals surface area (Å²) in [6.45, 7) is 4.87. The second-order valence-corrected chi connectivity index (χ2v) is 6.63. The zero-order valence-electron chi connectivity index (χ0n) is 14.5. The molecule has 6 heteroatoms. The zero-order valence-corrected chi connectivity index (χ0v) is 14.5. The molecule has 0 saturated heterocycles. The quantitative estimate of drug-likeness (QED) is 0.688. The van der Waals surface area contributed by atoms with Gasteiger partial charge in [0.15, 0.2) is 0 Å². The smallest absolute Gasteiger partial charge is 0.369 e. The number of halogens is 3. The van der Waals surface area contributed by atoms with E-state index in [1.807, 2.05) is 30.7 Å². The summed E-state index contributed by atoms with van der Waals surface area (Å²) in [6.07, 6.45) is -3.53. The molecule has 26 heavy (non-hydrogen) atoms. The van der Waals surface area contributed by atoms with Crippen LogP contribution in [0, 0.1) is 13.8 Å². The van der Waals surface area contributed by atoms with Crippen LogP contribution in [0.2, 0.25) is 0 Å². The Morgan fingerprint density at radius 2 is 1.77 bits per heavy atom. The van der Waals surface area contributed by atoms with E-state index in [1.54, 1.807) is 0 Å². The molecule has 1 aromatic heterocycles. The van der Waals surface area contributed by atoms with E-state index in [-0.39, 0.29) is 0 Å². The van der Waals surface area contributed by atoms with Gasteiger partial charge in [0.2, 0.25) is 0 Å². The molecule has 3 nitrogen and oxygen atoms in total. The molecule has 4 rings (SSSR count). The van der Waals surface area contributed by atoms with Gasteiger partial charge in [0, 0.05) is 17.7 Å². The number of aryl methyl sites for hydroxylation is 2. The molecule has 1 N–H and O–H groups in total. The number of aromatic nitrogens is 2. The number of alkyl halides is 3. The third kappa shape index (κ3) is 2.75. The summed E-state index contributed by atoms with van der Waals surface area (Å²) in [5.74, 6) is 0.923. The van der Waals surface area contributed by atoms with Gasteiger partial charge in [0.25, 0.3) is 0 Å². The fraction of sp³-hybridized carbons (Fsp3) is 0.250. The van der Waals surface area contributed by atoms with Crippen molar-refractivity contribution in [2.75, 3.05) is 11.9 Å². The molecule has 134 valence electrons. The average molecular weight is 357 g/mol. The fourth-order valence-corrected chi connectivity index (χ4v) is 3.44. The van der Waals surface area contributed by atoms with Gasteiger partial charge in [0.1, 0.15) is 5.82 Å². The number of nitrogens with zero attached hydrogens (tertiary/aromatic N) is 2. The highest BCUT2D eigenvalue weighted by Gasteiger charge is 2.30. The van der Waals surface area contributed by atoms with Gasteiger partial charge in [-0.15, -0.1) is 0 Å². The van der Waals surface area contributed by atoms with Crippen LogP contribution in [0.3, 0.4) is 0 Å². The van der Waals surface area contributed by atoms with Crippen LogP contribution in [0.25, 0.3) is 16.9 Å². The SMILES string of the molecule is Cc1ccc(-n2nc(-c3ccc(C(F)(F)F)cc3)c3c2NCC3)c(C)c1. The minimum absolute atomic E-state index is 0.648. The van der Waals surface area contributed by atoms with Gasteiger partial charge in [-0.25, -0.2) is 4.68 Å². The Morgan fingerprint density at radius 1 is 1.04 bits per heavy atom. The number of hydrogen-bond acceptors (Lipinski definition) is 2. The molecule has 1 aliphatic rings. The van der Waals surface area contributed by atoms with Crippen molar-refractivity contribution < 1.29 is 13.2 Å². The number of nitrogens with one attached hydrogen (secondary N) is 1. The molecule has 0 aliphatic carbocycles. The lowest BCUT2D eigenvalue weighted by Gasteiger charge is -2.10. The van der Waals surface area contributed by atoms with Crippen LogP contribution in [-0.2, 0) is 12.6 Å². The third-order valence-corrected chi connectivity index (χ3v) is 4.72. The number of rotatable bonds is 2. The highest BCUT2D eigenvalue weighted by molar-refractivity contribution is 5.73. The molecule has 2 aromatic carbocycles. The lowest BCUT2D eigenvalue weighted by Crippen LogP contribution is -2.06. The van der Waals surface area contributed by atoms with Crippen molar-refractivity contribution in [3.05, 3.63) is 64.7 Å². The minimum atomic E-state index is -4.33. The number of benzene rings is 2. The Bertz CT molecular complexity index is 969. The third-order valence-electron chi connectivity index (χ3n) is 4.72. The van der Waals surface area contributed by atoms with Crippen LogP contribution in [0.1, 0.15) is 22.3 Å². The van der Waals surface area contributed by atoms with Gasteiger partial charge in [-0.1, -0.05) is 29.8 Å². The van der Waals surface area contributed by atoms with Crippen molar-refractivity contribution in [3.8, 4) is 16.9 Å². The minimum Gasteiger partial charge on any atom is -0.369 e. The first-order chi connectivity index (χ1) is 12.3. The maximum atomic E-state index is 12.8. The summed E-state index contributed by atoms with van der Waals surface area (Å²) in [5, 5.41) is 8.08. The van der Waals surface area contributed by atoms with Crippen molar-refractivity contribution in [1.82, 2.24) is 9.78 Å². The monoisotopic (exact) mass is 357 g/mol. The molecule has 0 unspecified atom stereocenters. The first-order valence-electron chi connectivity index (χ1n) is 8.45. The van der Waals surface area contributed by atoms with Crippen LogP contribution in [-0.4, -0.2) is 16.3 Å². The standard InChI is InChI=1S/C20H18F3N3/c1-12-3-8-17(13(2)11-12)26-19-16(9-10-24-19)18(25-26)14-4-6-15(7-5-14)20(21,22)23/h3-8,11,24H,9-10H2,1-2H3. The molecule has 2 heterocycles. The van der Waals surface area contributed by atoms with Crippen molar-refractivity contribution in [2.24, 2.45) is 0 Å². The van der Waals surface area contributed by atoms with Gasteiger partial charge in [-0.2, -0.15) is 18.3 Å². The Kier molecular flexibility index (Phi) is 3.79. The second kappa shape index (κ2) is 5.90. The van der Waals surface area contributed by atoms with Crippen molar-refractivity contribution in [3.63, 3.8) is 0 Å². The Morgan fingerprint density at radius 3 is 2.42 bits per heavy atom. The molecule has 1 aliphatic heterocycles. The maximum absolute atomic E-state index is 12.8. The molecule has 0 saturated carbocycles. The molecule has 0 radical (unpaired) electrons. The lowest BCUT2D eigenvalue weighted by molar-refractivity contribution is -0.137. The lowest BCUT2D eigenvalue weighted by atomic mass is 10.0. The maximum Gasteiger partial charge on any atom is 0.416 e. The number of hydrogen-bond donors (Lipinski definition) is 1. The highest BCUT2D eigenvalue weighted by Crippen LogP contribution is 2.36. The molecule has 0 bridgehead atoms. The fourth-order valence-electron chi connectivity index (χ4n) is 3.44. The zero-order chi connectivity index (χ0) is 18.5. The van der Waals surface area contributed by atoms with Crippen molar-refractivity contribution >= 4 is 5.82 Å². The largest absolute Gasteiger partial charge is 0.416 e. The van der Waals surface area contributed by atoms with Gasteiger partial charge >= 0.3 is 6.18 Å². The molecule has 0 atom stereocenters. The molecular formula is C20H18F3N3. The summed E-state index contributed by atoms with van der Waals surface area (Å²) >= 11 is 0. The van der Waals surface area contributed by atoms with Crippen LogP contribution in [0.4, 0.5) is 19.0 Å². The summed E-state index contributed by atoms with van der Waals surface area (Å²) < 4.78 is 40.3. The van der Waals surface area contributed by atoms with Crippen LogP contribution in [0.15, 0.2) is 42.5 Å². The van der Waals surface area contributed by atoms with Gasteiger partial charge < -0.3 is 5.32 Å². The topological polar surface area (TPSA) is 29.9 Å². The van der Waals surface area contributed by atoms with E-state index in [4.69, 9.17) is 5.10 Å². The van der Waals surface area contributed by atoms with Crippen molar-refractivity contribution in [2.45, 2.75) is 26.4 Å². The molecule has 0 spiro atoms. The average Bonchev–Trinajstić information content (AvgIpc) is 3.17. The predicted molar refractivity (Wildman–Crippen MR) is 95.7 cm³/mol. The van der Waals surface area contributed by atoms with E-state index in [2.05, 4.69) is 11.4 Å². The van der Waals surface area contributed by atoms with E-state index in [0.717, 1.165) is 53.4 Å². The molecule has 0 fully saturated rings. The predicted octanol–water partition coefficient (Wildman–Crippen LogP) is 5.14. The summed E-state index contributed by atoms with van der Waals surface area (Å²) in [5.41, 5.74) is 5.07. The Hall–Kier alpha value is -2.76. The normalized spacial score (nSPS) is 13.6. The summed E-state index contributed by atoms with van der Waals surface area (Å²) in [7, 11) is 0. The van der Waals surface area contributed by atoms with Crippen LogP contribution in [0.5, 0.6) is 0 Å². The second-order valence-electron chi connectivity index (χ2n) is 6.63. The van der Waals surface area contributed by atoms with Gasteiger partial charge in [-0.3, -0.25) is 0 Å². The highest BCUT2D eigenvalue weighted by atomic mass is 19.4. The Balaban J connectivity index is 1.82. The van der Waals surface area contributed by atoms with E-state index in [9.17, 15) is 13.2 Å². The van der Waals surface area contributed by atoms with Crippen molar-refractivity contribution in [1.29, 1.82) is 0 Å². The number of fused-ring (bicyclic) bond motifs is 1. The van der Waals surface area contributed by atoms with Crippen LogP contribution >= 0.6 is 0 Å².